The first kappa shape index (κ1) is 13.0. The zero-order chi connectivity index (χ0) is 13.9. The first-order chi connectivity index (χ1) is 9.70. The lowest BCUT2D eigenvalue weighted by Gasteiger charge is -2.32. The number of hydrogen-bond acceptors (Lipinski definition) is 6. The molecule has 1 atom stereocenters. The fraction of sp³-hybridized carbons (Fsp3) is 0.571. The van der Waals surface area contributed by atoms with Gasteiger partial charge in [-0.1, -0.05) is 5.16 Å². The molecule has 1 aliphatic rings. The van der Waals surface area contributed by atoms with Crippen LogP contribution in [0.1, 0.15) is 30.3 Å². The highest BCUT2D eigenvalue weighted by molar-refractivity contribution is 5.37. The molecule has 0 radical (unpaired) electrons. The van der Waals surface area contributed by atoms with Crippen molar-refractivity contribution in [3.05, 3.63) is 29.5 Å². The van der Waals surface area contributed by atoms with E-state index in [0.717, 1.165) is 43.3 Å². The van der Waals surface area contributed by atoms with Crippen molar-refractivity contribution < 1.29 is 4.52 Å². The lowest BCUT2D eigenvalue weighted by molar-refractivity contribution is 0.369. The van der Waals surface area contributed by atoms with Crippen molar-refractivity contribution in [2.45, 2.75) is 33.1 Å². The molecule has 1 saturated heterocycles. The molecule has 106 valence electrons. The Morgan fingerprint density at radius 1 is 1.30 bits per heavy atom. The van der Waals surface area contributed by atoms with Gasteiger partial charge in [0.2, 0.25) is 5.89 Å². The van der Waals surface area contributed by atoms with Gasteiger partial charge in [-0.15, -0.1) is 5.10 Å². The average molecular weight is 273 g/mol. The van der Waals surface area contributed by atoms with Crippen LogP contribution in [0.3, 0.4) is 0 Å². The van der Waals surface area contributed by atoms with E-state index in [2.05, 4.69) is 25.2 Å². The minimum Gasteiger partial charge on any atom is -0.355 e. The van der Waals surface area contributed by atoms with Crippen LogP contribution in [0.4, 0.5) is 5.82 Å². The molecule has 0 bridgehead atoms. The van der Waals surface area contributed by atoms with Crippen molar-refractivity contribution in [1.29, 1.82) is 0 Å². The third-order valence-corrected chi connectivity index (χ3v) is 3.67. The van der Waals surface area contributed by atoms with Crippen molar-refractivity contribution in [3.8, 4) is 0 Å². The molecule has 0 aliphatic carbocycles. The van der Waals surface area contributed by atoms with Gasteiger partial charge in [0.05, 0.1) is 5.69 Å². The summed E-state index contributed by atoms with van der Waals surface area (Å²) in [5.41, 5.74) is 0.949. The summed E-state index contributed by atoms with van der Waals surface area (Å²) in [4.78, 5) is 6.59. The standard InChI is InChI=1S/C14H19N5O/c1-10-5-6-14(17-16-10)19-7-3-4-12(9-19)8-13-15-11(2)20-18-13/h5-6,12H,3-4,7-9H2,1-2H3. The molecule has 1 fully saturated rings. The molecule has 0 N–H and O–H groups in total. The van der Waals surface area contributed by atoms with Gasteiger partial charge in [-0.2, -0.15) is 10.1 Å². The van der Waals surface area contributed by atoms with Crippen LogP contribution in [0.15, 0.2) is 16.7 Å². The van der Waals surface area contributed by atoms with Gasteiger partial charge >= 0.3 is 0 Å². The number of hydrogen-bond donors (Lipinski definition) is 0. The van der Waals surface area contributed by atoms with E-state index in [1.807, 2.05) is 26.0 Å². The minimum atomic E-state index is 0.545. The smallest absolute Gasteiger partial charge is 0.223 e. The fourth-order valence-corrected chi connectivity index (χ4v) is 2.68. The highest BCUT2D eigenvalue weighted by Crippen LogP contribution is 2.23. The van der Waals surface area contributed by atoms with Gasteiger partial charge in [0.25, 0.3) is 0 Å². The summed E-state index contributed by atoms with van der Waals surface area (Å²) in [5, 5.41) is 12.4. The zero-order valence-electron chi connectivity index (χ0n) is 11.9. The molecule has 6 nitrogen and oxygen atoms in total. The quantitative estimate of drug-likeness (QED) is 0.851. The Bertz CT molecular complexity index is 565. The monoisotopic (exact) mass is 273 g/mol. The molecular formula is C14H19N5O. The number of aryl methyl sites for hydroxylation is 2. The summed E-state index contributed by atoms with van der Waals surface area (Å²) >= 11 is 0. The third-order valence-electron chi connectivity index (χ3n) is 3.67. The van der Waals surface area contributed by atoms with Crippen molar-refractivity contribution in [3.63, 3.8) is 0 Å². The summed E-state index contributed by atoms with van der Waals surface area (Å²) in [6, 6.07) is 4.05. The highest BCUT2D eigenvalue weighted by atomic mass is 16.5. The highest BCUT2D eigenvalue weighted by Gasteiger charge is 2.22. The molecule has 1 unspecified atom stereocenters. The Morgan fingerprint density at radius 3 is 2.90 bits per heavy atom. The van der Waals surface area contributed by atoms with Gasteiger partial charge < -0.3 is 9.42 Å². The number of nitrogens with zero attached hydrogens (tertiary/aromatic N) is 5. The molecule has 0 saturated carbocycles. The van der Waals surface area contributed by atoms with Crippen LogP contribution in [0.2, 0.25) is 0 Å². The summed E-state index contributed by atoms with van der Waals surface area (Å²) < 4.78 is 5.03. The maximum absolute atomic E-state index is 5.03. The molecule has 3 heterocycles. The van der Waals surface area contributed by atoms with E-state index in [-0.39, 0.29) is 0 Å². The second-order valence-corrected chi connectivity index (χ2v) is 5.42. The van der Waals surface area contributed by atoms with E-state index in [0.29, 0.717) is 11.8 Å². The summed E-state index contributed by atoms with van der Waals surface area (Å²) in [6.45, 7) is 5.80. The lowest BCUT2D eigenvalue weighted by atomic mass is 9.94. The predicted octanol–water partition coefficient (Wildman–Crippen LogP) is 1.94. The van der Waals surface area contributed by atoms with Crippen LogP contribution in [0.25, 0.3) is 0 Å². The SMILES string of the molecule is Cc1ccc(N2CCCC(Cc3noc(C)n3)C2)nn1. The van der Waals surface area contributed by atoms with Crippen LogP contribution in [0.5, 0.6) is 0 Å². The first-order valence-corrected chi connectivity index (χ1v) is 7.05. The predicted molar refractivity (Wildman–Crippen MR) is 74.4 cm³/mol. The Morgan fingerprint density at radius 2 is 2.20 bits per heavy atom. The van der Waals surface area contributed by atoms with Crippen LogP contribution in [-0.4, -0.2) is 33.4 Å². The molecule has 0 spiro atoms. The van der Waals surface area contributed by atoms with E-state index in [4.69, 9.17) is 4.52 Å². The lowest BCUT2D eigenvalue weighted by Crippen LogP contribution is -2.37. The van der Waals surface area contributed by atoms with Gasteiger partial charge in [-0.3, -0.25) is 0 Å². The second kappa shape index (κ2) is 5.56. The van der Waals surface area contributed by atoms with Crippen LogP contribution >= 0.6 is 0 Å². The molecule has 1 aliphatic heterocycles. The normalized spacial score (nSPS) is 19.3. The molecule has 0 amide bonds. The van der Waals surface area contributed by atoms with E-state index >= 15 is 0 Å². The summed E-state index contributed by atoms with van der Waals surface area (Å²) in [6.07, 6.45) is 3.23. The zero-order valence-corrected chi connectivity index (χ0v) is 11.9. The first-order valence-electron chi connectivity index (χ1n) is 7.05. The largest absolute Gasteiger partial charge is 0.355 e. The Hall–Kier alpha value is -1.98. The topological polar surface area (TPSA) is 67.9 Å². The van der Waals surface area contributed by atoms with E-state index in [1.54, 1.807) is 0 Å². The second-order valence-electron chi connectivity index (χ2n) is 5.42. The molecule has 2 aromatic rings. The number of piperidine rings is 1. The summed E-state index contributed by atoms with van der Waals surface area (Å²) in [5.74, 6) is 2.95. The number of aromatic nitrogens is 4. The maximum Gasteiger partial charge on any atom is 0.223 e. The van der Waals surface area contributed by atoms with Gasteiger partial charge in [0.1, 0.15) is 0 Å². The molecular weight excluding hydrogens is 254 g/mol. The minimum absolute atomic E-state index is 0.545. The van der Waals surface area contributed by atoms with E-state index < -0.39 is 0 Å². The van der Waals surface area contributed by atoms with Crippen LogP contribution in [0, 0.1) is 19.8 Å². The van der Waals surface area contributed by atoms with Crippen molar-refractivity contribution in [2.75, 3.05) is 18.0 Å². The Balaban J connectivity index is 1.65. The Kier molecular flexibility index (Phi) is 3.62. The number of rotatable bonds is 3. The van der Waals surface area contributed by atoms with Crippen molar-refractivity contribution in [1.82, 2.24) is 20.3 Å². The van der Waals surface area contributed by atoms with Gasteiger partial charge in [-0.25, -0.2) is 0 Å². The molecule has 3 rings (SSSR count). The number of anilines is 1. The van der Waals surface area contributed by atoms with Crippen molar-refractivity contribution in [2.24, 2.45) is 5.92 Å². The average Bonchev–Trinajstić information content (AvgIpc) is 2.85. The third kappa shape index (κ3) is 2.95. The van der Waals surface area contributed by atoms with Gasteiger partial charge in [-0.05, 0) is 37.8 Å². The van der Waals surface area contributed by atoms with Gasteiger partial charge in [0, 0.05) is 26.4 Å². The molecule has 2 aromatic heterocycles. The van der Waals surface area contributed by atoms with Crippen LogP contribution < -0.4 is 4.90 Å². The van der Waals surface area contributed by atoms with Crippen molar-refractivity contribution >= 4 is 5.82 Å². The Labute approximate surface area is 118 Å². The van der Waals surface area contributed by atoms with Gasteiger partial charge in [0.15, 0.2) is 11.6 Å². The van der Waals surface area contributed by atoms with E-state index in [1.165, 1.54) is 6.42 Å². The van der Waals surface area contributed by atoms with Crippen LogP contribution in [-0.2, 0) is 6.42 Å². The molecule has 0 aromatic carbocycles. The molecule has 20 heavy (non-hydrogen) atoms. The van der Waals surface area contributed by atoms with E-state index in [9.17, 15) is 0 Å². The molecule has 6 heteroatoms. The fourth-order valence-electron chi connectivity index (χ4n) is 2.68. The maximum atomic E-state index is 5.03. The summed E-state index contributed by atoms with van der Waals surface area (Å²) in [7, 11) is 0.